The molecule has 1 fully saturated rings. The Morgan fingerprint density at radius 1 is 1.26 bits per heavy atom. The molecular formula is C17H29Cl2N3O. The van der Waals surface area contributed by atoms with Gasteiger partial charge in [0.15, 0.2) is 0 Å². The molecule has 1 unspecified atom stereocenters. The molecule has 4 nitrogen and oxygen atoms in total. The number of hydrogen-bond acceptors (Lipinski definition) is 3. The molecular weight excluding hydrogens is 333 g/mol. The number of likely N-dealkylation sites (N-methyl/N-ethyl adjacent to an activating group) is 1. The Morgan fingerprint density at radius 2 is 1.91 bits per heavy atom. The largest absolute Gasteiger partial charge is 0.399 e. The van der Waals surface area contributed by atoms with Crippen LogP contribution in [0.3, 0.4) is 0 Å². The Labute approximate surface area is 152 Å². The normalized spacial score (nSPS) is 16.8. The Morgan fingerprint density at radius 3 is 2.52 bits per heavy atom. The number of para-hydroxylation sites is 1. The molecule has 1 saturated heterocycles. The van der Waals surface area contributed by atoms with Crippen LogP contribution in [0.15, 0.2) is 24.3 Å². The van der Waals surface area contributed by atoms with Crippen LogP contribution in [-0.2, 0) is 11.2 Å². The number of carbonyl (C=O) groups excluding carboxylic acids is 1. The van der Waals surface area contributed by atoms with Crippen molar-refractivity contribution in [2.24, 2.45) is 0 Å². The maximum Gasteiger partial charge on any atom is 0.222 e. The third-order valence-corrected chi connectivity index (χ3v) is 4.51. The number of benzene rings is 1. The van der Waals surface area contributed by atoms with E-state index in [9.17, 15) is 4.79 Å². The zero-order valence-corrected chi connectivity index (χ0v) is 15.7. The van der Waals surface area contributed by atoms with E-state index < -0.39 is 0 Å². The molecule has 1 aromatic carbocycles. The first-order valence-corrected chi connectivity index (χ1v) is 8.00. The lowest BCUT2D eigenvalue weighted by Gasteiger charge is -2.26. The molecule has 0 bridgehead atoms. The van der Waals surface area contributed by atoms with Crippen LogP contribution in [0.2, 0.25) is 0 Å². The van der Waals surface area contributed by atoms with Crippen molar-refractivity contribution in [3.63, 3.8) is 0 Å². The van der Waals surface area contributed by atoms with Gasteiger partial charge in [0.05, 0.1) is 0 Å². The Kier molecular flexibility index (Phi) is 10.3. The van der Waals surface area contributed by atoms with E-state index in [1.165, 1.54) is 0 Å². The zero-order valence-electron chi connectivity index (χ0n) is 14.0. The van der Waals surface area contributed by atoms with Gasteiger partial charge < -0.3 is 10.6 Å². The van der Waals surface area contributed by atoms with Crippen LogP contribution in [-0.4, -0.2) is 47.9 Å². The summed E-state index contributed by atoms with van der Waals surface area (Å²) in [5.74, 6) is 0.257. The van der Waals surface area contributed by atoms with Crippen molar-refractivity contribution in [1.82, 2.24) is 9.80 Å². The summed E-state index contributed by atoms with van der Waals surface area (Å²) in [6.45, 7) is 8.26. The summed E-state index contributed by atoms with van der Waals surface area (Å²) in [7, 11) is 0. The number of nitrogens with zero attached hydrogens (tertiary/aromatic N) is 2. The van der Waals surface area contributed by atoms with Crippen molar-refractivity contribution >= 4 is 36.4 Å². The zero-order chi connectivity index (χ0) is 15.2. The molecule has 132 valence electrons. The van der Waals surface area contributed by atoms with Gasteiger partial charge in [-0.15, -0.1) is 24.8 Å². The van der Waals surface area contributed by atoms with Crippen LogP contribution in [0, 0.1) is 0 Å². The van der Waals surface area contributed by atoms with E-state index in [2.05, 4.69) is 18.7 Å². The van der Waals surface area contributed by atoms with Crippen LogP contribution in [0.4, 0.5) is 5.69 Å². The van der Waals surface area contributed by atoms with Gasteiger partial charge in [0.1, 0.15) is 0 Å². The van der Waals surface area contributed by atoms with E-state index in [-0.39, 0.29) is 30.7 Å². The molecule has 1 aliphatic rings. The number of carbonyl (C=O) groups is 1. The topological polar surface area (TPSA) is 49.6 Å². The smallest absolute Gasteiger partial charge is 0.222 e. The molecule has 1 amide bonds. The van der Waals surface area contributed by atoms with E-state index in [0.29, 0.717) is 12.5 Å². The number of rotatable bonds is 6. The van der Waals surface area contributed by atoms with Gasteiger partial charge in [0.25, 0.3) is 0 Å². The molecule has 2 N–H and O–H groups in total. The van der Waals surface area contributed by atoms with Crippen molar-refractivity contribution in [2.45, 2.75) is 39.2 Å². The first-order chi connectivity index (χ1) is 10.2. The quantitative estimate of drug-likeness (QED) is 0.792. The van der Waals surface area contributed by atoms with E-state index >= 15 is 0 Å². The van der Waals surface area contributed by atoms with Gasteiger partial charge in [-0.25, -0.2) is 0 Å². The van der Waals surface area contributed by atoms with Crippen molar-refractivity contribution < 1.29 is 4.79 Å². The van der Waals surface area contributed by atoms with Gasteiger partial charge >= 0.3 is 0 Å². The highest BCUT2D eigenvalue weighted by Gasteiger charge is 2.28. The second kappa shape index (κ2) is 10.7. The number of nitrogens with two attached hydrogens (primary N) is 1. The number of anilines is 1. The maximum absolute atomic E-state index is 12.3. The summed E-state index contributed by atoms with van der Waals surface area (Å²) in [4.78, 5) is 16.8. The Bertz CT molecular complexity index is 481. The van der Waals surface area contributed by atoms with Crippen LogP contribution in [0.1, 0.15) is 32.3 Å². The van der Waals surface area contributed by atoms with Crippen molar-refractivity contribution in [2.75, 3.05) is 31.9 Å². The van der Waals surface area contributed by atoms with E-state index in [4.69, 9.17) is 5.73 Å². The lowest BCUT2D eigenvalue weighted by Crippen LogP contribution is -2.38. The molecule has 1 atom stereocenters. The lowest BCUT2D eigenvalue weighted by molar-refractivity contribution is -0.130. The van der Waals surface area contributed by atoms with E-state index in [0.717, 1.165) is 50.3 Å². The number of amides is 1. The first kappa shape index (κ1) is 22.0. The highest BCUT2D eigenvalue weighted by atomic mass is 35.5. The number of aryl methyl sites for hydroxylation is 1. The van der Waals surface area contributed by atoms with Crippen LogP contribution in [0.25, 0.3) is 0 Å². The summed E-state index contributed by atoms with van der Waals surface area (Å²) in [6, 6.07) is 8.33. The predicted molar refractivity (Wildman–Crippen MR) is 102 cm³/mol. The third-order valence-electron chi connectivity index (χ3n) is 4.51. The average molecular weight is 362 g/mol. The Hall–Kier alpha value is -0.970. The number of hydrogen-bond donors (Lipinski definition) is 1. The molecule has 1 aliphatic heterocycles. The minimum absolute atomic E-state index is 0. The minimum Gasteiger partial charge on any atom is -0.399 e. The highest BCUT2D eigenvalue weighted by Crippen LogP contribution is 2.18. The summed E-state index contributed by atoms with van der Waals surface area (Å²) >= 11 is 0. The standard InChI is InChI=1S/C17H27N3O.2ClH/c1-3-19(4-2)15-11-12-20(13-15)17(21)10-9-14-7-5-6-8-16(14)18;;/h5-8,15H,3-4,9-13,18H2,1-2H3;2*1H. The lowest BCUT2D eigenvalue weighted by atomic mass is 10.1. The van der Waals surface area contributed by atoms with Crippen molar-refractivity contribution in [1.29, 1.82) is 0 Å². The fourth-order valence-corrected chi connectivity index (χ4v) is 3.17. The van der Waals surface area contributed by atoms with Gasteiger partial charge in [-0.3, -0.25) is 9.69 Å². The second-order valence-corrected chi connectivity index (χ2v) is 5.70. The summed E-state index contributed by atoms with van der Waals surface area (Å²) in [6.07, 6.45) is 2.39. The molecule has 0 aromatic heterocycles. The molecule has 0 saturated carbocycles. The Balaban J connectivity index is 0.00000242. The van der Waals surface area contributed by atoms with Gasteiger partial charge in [-0.2, -0.15) is 0 Å². The van der Waals surface area contributed by atoms with E-state index in [1.54, 1.807) is 0 Å². The SMILES string of the molecule is CCN(CC)C1CCN(C(=O)CCc2ccccc2N)C1.Cl.Cl. The molecule has 0 aliphatic carbocycles. The fourth-order valence-electron chi connectivity index (χ4n) is 3.17. The maximum atomic E-state index is 12.3. The first-order valence-electron chi connectivity index (χ1n) is 8.00. The molecule has 1 aromatic rings. The number of halogens is 2. The molecule has 0 spiro atoms. The second-order valence-electron chi connectivity index (χ2n) is 5.70. The highest BCUT2D eigenvalue weighted by molar-refractivity contribution is 5.85. The molecule has 0 radical (unpaired) electrons. The molecule has 23 heavy (non-hydrogen) atoms. The molecule has 6 heteroatoms. The summed E-state index contributed by atoms with van der Waals surface area (Å²) in [5.41, 5.74) is 7.79. The van der Waals surface area contributed by atoms with Gasteiger partial charge in [-0.1, -0.05) is 32.0 Å². The fraction of sp³-hybridized carbons (Fsp3) is 0.588. The summed E-state index contributed by atoms with van der Waals surface area (Å²) < 4.78 is 0. The van der Waals surface area contributed by atoms with Crippen LogP contribution < -0.4 is 5.73 Å². The van der Waals surface area contributed by atoms with Gasteiger partial charge in [-0.05, 0) is 37.6 Å². The molecule has 1 heterocycles. The third kappa shape index (κ3) is 5.87. The monoisotopic (exact) mass is 361 g/mol. The van der Waals surface area contributed by atoms with Gasteiger partial charge in [0, 0.05) is 31.2 Å². The van der Waals surface area contributed by atoms with E-state index in [1.807, 2.05) is 29.2 Å². The van der Waals surface area contributed by atoms with Crippen molar-refractivity contribution in [3.8, 4) is 0 Å². The molecule has 2 rings (SSSR count). The number of likely N-dealkylation sites (tertiary alicyclic amines) is 1. The van der Waals surface area contributed by atoms with Crippen LogP contribution in [0.5, 0.6) is 0 Å². The van der Waals surface area contributed by atoms with Crippen molar-refractivity contribution in [3.05, 3.63) is 29.8 Å². The minimum atomic E-state index is 0. The van der Waals surface area contributed by atoms with Crippen LogP contribution >= 0.6 is 24.8 Å². The number of nitrogen functional groups attached to an aromatic ring is 1. The summed E-state index contributed by atoms with van der Waals surface area (Å²) in [5, 5.41) is 0. The average Bonchev–Trinajstić information content (AvgIpc) is 2.97. The van der Waals surface area contributed by atoms with Gasteiger partial charge in [0.2, 0.25) is 5.91 Å². The predicted octanol–water partition coefficient (Wildman–Crippen LogP) is 2.99.